The summed E-state index contributed by atoms with van der Waals surface area (Å²) >= 11 is 0. The number of carbonyl (C=O) groups is 2. The van der Waals surface area contributed by atoms with Crippen LogP contribution in [0.4, 0.5) is 9.18 Å². The van der Waals surface area contributed by atoms with Crippen LogP contribution in [0.15, 0.2) is 48.5 Å². The molecule has 128 valence electrons. The van der Waals surface area contributed by atoms with Crippen molar-refractivity contribution in [3.05, 3.63) is 71.0 Å². The van der Waals surface area contributed by atoms with Crippen molar-refractivity contribution in [2.45, 2.75) is 13.0 Å². The van der Waals surface area contributed by atoms with Crippen molar-refractivity contribution < 1.29 is 23.8 Å². The molecule has 6 heteroatoms. The van der Waals surface area contributed by atoms with Gasteiger partial charge in [0.05, 0.1) is 18.5 Å². The molecule has 0 aromatic heterocycles. The Labute approximate surface area is 144 Å². The van der Waals surface area contributed by atoms with E-state index in [4.69, 9.17) is 9.84 Å². The van der Waals surface area contributed by atoms with E-state index in [0.29, 0.717) is 5.56 Å². The van der Waals surface area contributed by atoms with Crippen LogP contribution in [-0.4, -0.2) is 23.7 Å². The van der Waals surface area contributed by atoms with Crippen LogP contribution in [0.1, 0.15) is 16.7 Å². The van der Waals surface area contributed by atoms with Crippen molar-refractivity contribution in [2.75, 3.05) is 6.54 Å². The van der Waals surface area contributed by atoms with Gasteiger partial charge in [-0.2, -0.15) is 0 Å². The van der Waals surface area contributed by atoms with Gasteiger partial charge in [0.1, 0.15) is 12.4 Å². The van der Waals surface area contributed by atoms with Crippen molar-refractivity contribution in [1.82, 2.24) is 5.32 Å². The van der Waals surface area contributed by atoms with Crippen molar-refractivity contribution in [2.24, 2.45) is 0 Å². The molecule has 0 spiro atoms. The largest absolute Gasteiger partial charge is 0.481 e. The lowest BCUT2D eigenvalue weighted by molar-refractivity contribution is -0.136. The summed E-state index contributed by atoms with van der Waals surface area (Å²) in [6.45, 7) is 0.127. The molecule has 0 fully saturated rings. The fourth-order valence-electron chi connectivity index (χ4n) is 1.98. The molecule has 0 saturated carbocycles. The SMILES string of the molecule is O=C(O)Cc1ccc(F)c(C#CCNC(=O)OCc2ccccc2)c1. The molecule has 2 rings (SSSR count). The van der Waals surface area contributed by atoms with E-state index in [0.717, 1.165) is 5.56 Å². The minimum Gasteiger partial charge on any atom is -0.481 e. The van der Waals surface area contributed by atoms with Gasteiger partial charge in [-0.25, -0.2) is 9.18 Å². The predicted octanol–water partition coefficient (Wildman–Crippen LogP) is 2.73. The first kappa shape index (κ1) is 18.0. The molecule has 0 aliphatic carbocycles. The van der Waals surface area contributed by atoms with E-state index in [1.807, 2.05) is 30.3 Å². The molecule has 25 heavy (non-hydrogen) atoms. The number of amides is 1. The summed E-state index contributed by atoms with van der Waals surface area (Å²) in [4.78, 5) is 22.2. The number of carboxylic acid groups (broad SMARTS) is 1. The molecule has 0 radical (unpaired) electrons. The van der Waals surface area contributed by atoms with Gasteiger partial charge in [0, 0.05) is 0 Å². The lowest BCUT2D eigenvalue weighted by atomic mass is 10.1. The van der Waals surface area contributed by atoms with Crippen molar-refractivity contribution >= 4 is 12.1 Å². The van der Waals surface area contributed by atoms with E-state index in [1.54, 1.807) is 0 Å². The van der Waals surface area contributed by atoms with Crippen molar-refractivity contribution in [1.29, 1.82) is 0 Å². The molecular formula is C19H16FNO4. The normalized spacial score (nSPS) is 9.64. The lowest BCUT2D eigenvalue weighted by Gasteiger charge is -2.04. The number of ether oxygens (including phenoxy) is 1. The summed E-state index contributed by atoms with van der Waals surface area (Å²) in [5.41, 5.74) is 1.40. The van der Waals surface area contributed by atoms with Gasteiger partial charge in [0.25, 0.3) is 0 Å². The highest BCUT2D eigenvalue weighted by molar-refractivity contribution is 5.70. The van der Waals surface area contributed by atoms with Crippen LogP contribution >= 0.6 is 0 Å². The van der Waals surface area contributed by atoms with Crippen LogP contribution in [0.3, 0.4) is 0 Å². The van der Waals surface area contributed by atoms with Gasteiger partial charge >= 0.3 is 12.1 Å². The smallest absolute Gasteiger partial charge is 0.408 e. The molecule has 0 saturated heterocycles. The number of nitrogens with one attached hydrogen (secondary N) is 1. The highest BCUT2D eigenvalue weighted by Crippen LogP contribution is 2.10. The first-order valence-corrected chi connectivity index (χ1v) is 7.48. The zero-order chi connectivity index (χ0) is 18.1. The minimum atomic E-state index is -1.01. The van der Waals surface area contributed by atoms with E-state index in [2.05, 4.69) is 17.2 Å². The second-order valence-corrected chi connectivity index (χ2v) is 5.10. The average molecular weight is 341 g/mol. The summed E-state index contributed by atoms with van der Waals surface area (Å²) in [5.74, 6) is 3.62. The fraction of sp³-hybridized carbons (Fsp3) is 0.158. The zero-order valence-electron chi connectivity index (χ0n) is 13.3. The molecule has 0 aliphatic rings. The molecular weight excluding hydrogens is 325 g/mol. The van der Waals surface area contributed by atoms with Crippen LogP contribution in [0.25, 0.3) is 0 Å². The van der Waals surface area contributed by atoms with Gasteiger partial charge in [0.2, 0.25) is 0 Å². The Hall–Kier alpha value is -3.33. The number of hydrogen-bond donors (Lipinski definition) is 2. The number of halogens is 1. The molecule has 2 aromatic rings. The summed E-state index contributed by atoms with van der Waals surface area (Å²) in [7, 11) is 0. The highest BCUT2D eigenvalue weighted by Gasteiger charge is 2.05. The van der Waals surface area contributed by atoms with Gasteiger partial charge < -0.3 is 15.2 Å². The van der Waals surface area contributed by atoms with Crippen LogP contribution in [0, 0.1) is 17.7 Å². The van der Waals surface area contributed by atoms with Crippen LogP contribution in [0.5, 0.6) is 0 Å². The predicted molar refractivity (Wildman–Crippen MR) is 89.2 cm³/mol. The number of benzene rings is 2. The maximum atomic E-state index is 13.6. The van der Waals surface area contributed by atoms with Crippen LogP contribution < -0.4 is 5.32 Å². The minimum absolute atomic E-state index is 0.0176. The molecule has 5 nitrogen and oxygen atoms in total. The Morgan fingerprint density at radius 1 is 1.12 bits per heavy atom. The number of alkyl carbamates (subject to hydrolysis) is 1. The lowest BCUT2D eigenvalue weighted by Crippen LogP contribution is -2.24. The van der Waals surface area contributed by atoms with E-state index in [1.165, 1.54) is 18.2 Å². The topological polar surface area (TPSA) is 75.6 Å². The number of hydrogen-bond acceptors (Lipinski definition) is 3. The number of aliphatic carboxylic acids is 1. The molecule has 1 amide bonds. The number of rotatable bonds is 5. The Bertz CT molecular complexity index is 809. The van der Waals surface area contributed by atoms with Crippen LogP contribution in [0.2, 0.25) is 0 Å². The Morgan fingerprint density at radius 2 is 1.88 bits per heavy atom. The molecule has 0 heterocycles. The highest BCUT2D eigenvalue weighted by atomic mass is 19.1. The zero-order valence-corrected chi connectivity index (χ0v) is 13.3. The standard InChI is InChI=1S/C19H16FNO4/c20-17-9-8-15(12-18(22)23)11-16(17)7-4-10-21-19(24)25-13-14-5-2-1-3-6-14/h1-3,5-6,8-9,11H,10,12-13H2,(H,21,24)(H,22,23). The maximum Gasteiger partial charge on any atom is 0.408 e. The molecule has 2 N–H and O–H groups in total. The molecule has 0 unspecified atom stereocenters. The third kappa shape index (κ3) is 6.36. The third-order valence-corrected chi connectivity index (χ3v) is 3.14. The second kappa shape index (κ2) is 9.08. The molecule has 2 aromatic carbocycles. The third-order valence-electron chi connectivity index (χ3n) is 3.14. The summed E-state index contributed by atoms with van der Waals surface area (Å²) < 4.78 is 18.6. The second-order valence-electron chi connectivity index (χ2n) is 5.10. The monoisotopic (exact) mass is 341 g/mol. The first-order valence-electron chi connectivity index (χ1n) is 7.48. The van der Waals surface area contributed by atoms with Crippen LogP contribution in [-0.2, 0) is 22.6 Å². The van der Waals surface area contributed by atoms with E-state index in [9.17, 15) is 14.0 Å². The van der Waals surface area contributed by atoms with Gasteiger partial charge in [0.15, 0.2) is 0 Å². The fourth-order valence-corrected chi connectivity index (χ4v) is 1.98. The Balaban J connectivity index is 1.83. The summed E-state index contributed by atoms with van der Waals surface area (Å²) in [6.07, 6.45) is -0.836. The average Bonchev–Trinajstić information content (AvgIpc) is 2.60. The van der Waals surface area contributed by atoms with E-state index in [-0.39, 0.29) is 25.1 Å². The van der Waals surface area contributed by atoms with Crippen molar-refractivity contribution in [3.63, 3.8) is 0 Å². The maximum absolute atomic E-state index is 13.6. The number of carboxylic acids is 1. The van der Waals surface area contributed by atoms with Crippen molar-refractivity contribution in [3.8, 4) is 11.8 Å². The Kier molecular flexibility index (Phi) is 6.55. The summed E-state index contributed by atoms with van der Waals surface area (Å²) in [6, 6.07) is 13.2. The van der Waals surface area contributed by atoms with Gasteiger partial charge in [-0.15, -0.1) is 0 Å². The van der Waals surface area contributed by atoms with E-state index >= 15 is 0 Å². The van der Waals surface area contributed by atoms with Gasteiger partial charge in [-0.1, -0.05) is 48.2 Å². The molecule has 0 atom stereocenters. The van der Waals surface area contributed by atoms with E-state index < -0.39 is 17.9 Å². The summed E-state index contributed by atoms with van der Waals surface area (Å²) in [5, 5.41) is 11.2. The first-order chi connectivity index (χ1) is 12.0. The Morgan fingerprint density at radius 3 is 2.60 bits per heavy atom. The number of carbonyl (C=O) groups excluding carboxylic acids is 1. The van der Waals surface area contributed by atoms with Gasteiger partial charge in [-0.3, -0.25) is 4.79 Å². The quantitative estimate of drug-likeness (QED) is 0.820. The van der Waals surface area contributed by atoms with Gasteiger partial charge in [-0.05, 0) is 23.3 Å². The molecule has 0 aliphatic heterocycles. The molecule has 0 bridgehead atoms.